The Labute approximate surface area is 203 Å². The van der Waals surface area contributed by atoms with Crippen LogP contribution in [0.15, 0.2) is 90.0 Å². The molecule has 0 aliphatic rings. The molecule has 0 bridgehead atoms. The van der Waals surface area contributed by atoms with Gasteiger partial charge in [0.2, 0.25) is 10.0 Å². The fourth-order valence-corrected chi connectivity index (χ4v) is 4.88. The number of anilines is 1. The van der Waals surface area contributed by atoms with Gasteiger partial charge < -0.3 is 5.32 Å². The van der Waals surface area contributed by atoms with E-state index in [1.165, 1.54) is 41.8 Å². The van der Waals surface area contributed by atoms with Crippen molar-refractivity contribution in [2.24, 2.45) is 0 Å². The van der Waals surface area contributed by atoms with Gasteiger partial charge in [-0.05, 0) is 60.5 Å². The van der Waals surface area contributed by atoms with Crippen molar-refractivity contribution in [2.75, 3.05) is 12.4 Å². The summed E-state index contributed by atoms with van der Waals surface area (Å²) in [4.78, 5) is 13.1. The van der Waals surface area contributed by atoms with Gasteiger partial charge in [0, 0.05) is 19.3 Å². The van der Waals surface area contributed by atoms with E-state index < -0.39 is 10.0 Å². The molecule has 1 amide bonds. The van der Waals surface area contributed by atoms with E-state index in [1.54, 1.807) is 28.9 Å². The van der Waals surface area contributed by atoms with Crippen LogP contribution in [-0.4, -0.2) is 35.5 Å². The summed E-state index contributed by atoms with van der Waals surface area (Å²) in [7, 11) is -2.16. The monoisotopic (exact) mass is 492 g/mol. The van der Waals surface area contributed by atoms with Crippen LogP contribution in [0.2, 0.25) is 0 Å². The quantitative estimate of drug-likeness (QED) is 0.388. The summed E-state index contributed by atoms with van der Waals surface area (Å²) in [5, 5.41) is 7.09. The van der Waals surface area contributed by atoms with Gasteiger partial charge in [0.15, 0.2) is 0 Å². The van der Waals surface area contributed by atoms with Crippen LogP contribution in [0.1, 0.15) is 28.5 Å². The Bertz CT molecular complexity index is 1420. The minimum absolute atomic E-state index is 0.132. The second-order valence-electron chi connectivity index (χ2n) is 7.97. The molecule has 7 nitrogen and oxygen atoms in total. The first-order valence-corrected chi connectivity index (χ1v) is 12.5. The van der Waals surface area contributed by atoms with E-state index in [2.05, 4.69) is 10.4 Å². The number of nitrogens with one attached hydrogen (secondary N) is 1. The third-order valence-corrected chi connectivity index (χ3v) is 7.41. The Morgan fingerprint density at radius 3 is 2.29 bits per heavy atom. The van der Waals surface area contributed by atoms with Crippen LogP contribution in [0.25, 0.3) is 5.69 Å². The molecular formula is C26H25FN4O3S. The highest BCUT2D eigenvalue weighted by Crippen LogP contribution is 2.21. The number of carbonyl (C=O) groups excluding carboxylic acids is 1. The molecular weight excluding hydrogens is 467 g/mol. The van der Waals surface area contributed by atoms with Crippen molar-refractivity contribution < 1.29 is 17.6 Å². The standard InChI is InChI=1S/C26H25FN4O3S/c1-3-25-24(17-28-31(25)22-13-9-20(27)10-14-22)26(32)29-21-11-15-23(16-12-21)35(33,34)30(2)18-19-7-5-4-6-8-19/h4-17H,3,18H2,1-2H3,(H,29,32). The Hall–Kier alpha value is -3.82. The third kappa shape index (κ3) is 5.31. The lowest BCUT2D eigenvalue weighted by Gasteiger charge is -2.17. The van der Waals surface area contributed by atoms with Crippen molar-refractivity contribution in [2.45, 2.75) is 24.8 Å². The third-order valence-electron chi connectivity index (χ3n) is 5.59. The SMILES string of the molecule is CCc1c(C(=O)Nc2ccc(S(=O)(=O)N(C)Cc3ccccc3)cc2)cnn1-c1ccc(F)cc1. The molecule has 4 rings (SSSR count). The van der Waals surface area contributed by atoms with Crippen LogP contribution in [0.5, 0.6) is 0 Å². The summed E-state index contributed by atoms with van der Waals surface area (Å²) < 4.78 is 42.0. The molecule has 0 aliphatic heterocycles. The smallest absolute Gasteiger partial charge is 0.259 e. The molecule has 4 aromatic rings. The predicted octanol–water partition coefficient (Wildman–Crippen LogP) is 4.65. The molecule has 0 saturated carbocycles. The number of carbonyl (C=O) groups is 1. The van der Waals surface area contributed by atoms with E-state index in [9.17, 15) is 17.6 Å². The first-order chi connectivity index (χ1) is 16.8. The van der Waals surface area contributed by atoms with Gasteiger partial charge in [-0.1, -0.05) is 37.3 Å². The molecule has 0 unspecified atom stereocenters. The molecule has 3 aromatic carbocycles. The largest absolute Gasteiger partial charge is 0.322 e. The van der Waals surface area contributed by atoms with E-state index in [1.807, 2.05) is 37.3 Å². The molecule has 180 valence electrons. The predicted molar refractivity (Wildman–Crippen MR) is 132 cm³/mol. The van der Waals surface area contributed by atoms with Gasteiger partial charge in [0.05, 0.1) is 28.0 Å². The maximum Gasteiger partial charge on any atom is 0.259 e. The summed E-state index contributed by atoms with van der Waals surface area (Å²) in [5.41, 5.74) is 3.05. The number of sulfonamides is 1. The first kappa shape index (κ1) is 24.3. The highest BCUT2D eigenvalue weighted by molar-refractivity contribution is 7.89. The number of amides is 1. The Morgan fingerprint density at radius 2 is 1.66 bits per heavy atom. The zero-order chi connectivity index (χ0) is 25.0. The van der Waals surface area contributed by atoms with Crippen molar-refractivity contribution in [3.8, 4) is 5.69 Å². The maximum atomic E-state index is 13.3. The van der Waals surface area contributed by atoms with Gasteiger partial charge in [-0.3, -0.25) is 4.79 Å². The van der Waals surface area contributed by atoms with Gasteiger partial charge in [0.25, 0.3) is 5.91 Å². The fraction of sp³-hybridized carbons (Fsp3) is 0.154. The van der Waals surface area contributed by atoms with Gasteiger partial charge in [0.1, 0.15) is 5.82 Å². The Balaban J connectivity index is 1.49. The van der Waals surface area contributed by atoms with Crippen molar-refractivity contribution in [1.82, 2.24) is 14.1 Å². The molecule has 0 spiro atoms. The fourth-order valence-electron chi connectivity index (χ4n) is 3.72. The van der Waals surface area contributed by atoms with E-state index >= 15 is 0 Å². The van der Waals surface area contributed by atoms with Crippen molar-refractivity contribution in [3.05, 3.63) is 108 Å². The second-order valence-corrected chi connectivity index (χ2v) is 10.0. The highest BCUT2D eigenvalue weighted by Gasteiger charge is 2.22. The average Bonchev–Trinajstić information content (AvgIpc) is 3.30. The van der Waals surface area contributed by atoms with Gasteiger partial charge >= 0.3 is 0 Å². The van der Waals surface area contributed by atoms with Crippen LogP contribution >= 0.6 is 0 Å². The van der Waals surface area contributed by atoms with E-state index in [0.717, 1.165) is 5.56 Å². The topological polar surface area (TPSA) is 84.3 Å². The zero-order valence-electron chi connectivity index (χ0n) is 19.3. The van der Waals surface area contributed by atoms with Crippen LogP contribution in [0.4, 0.5) is 10.1 Å². The molecule has 0 aliphatic carbocycles. The van der Waals surface area contributed by atoms with Gasteiger partial charge in [-0.15, -0.1) is 0 Å². The number of hydrogen-bond acceptors (Lipinski definition) is 4. The molecule has 1 heterocycles. The van der Waals surface area contributed by atoms with E-state index in [-0.39, 0.29) is 23.2 Å². The van der Waals surface area contributed by atoms with Crippen molar-refractivity contribution >= 4 is 21.6 Å². The number of hydrogen-bond donors (Lipinski definition) is 1. The summed E-state index contributed by atoms with van der Waals surface area (Å²) >= 11 is 0. The molecule has 9 heteroatoms. The normalized spacial score (nSPS) is 11.5. The van der Waals surface area contributed by atoms with Crippen LogP contribution < -0.4 is 5.32 Å². The molecule has 35 heavy (non-hydrogen) atoms. The molecule has 0 saturated heterocycles. The van der Waals surface area contributed by atoms with Crippen LogP contribution in [-0.2, 0) is 23.0 Å². The van der Waals surface area contributed by atoms with Crippen LogP contribution in [0.3, 0.4) is 0 Å². The zero-order valence-corrected chi connectivity index (χ0v) is 20.2. The Kier molecular flexibility index (Phi) is 7.09. The minimum atomic E-state index is -3.70. The number of halogens is 1. The van der Waals surface area contributed by atoms with E-state index in [0.29, 0.717) is 29.1 Å². The second kappa shape index (κ2) is 10.2. The highest BCUT2D eigenvalue weighted by atomic mass is 32.2. The minimum Gasteiger partial charge on any atom is -0.322 e. The Morgan fingerprint density at radius 1 is 1.00 bits per heavy atom. The lowest BCUT2D eigenvalue weighted by molar-refractivity contribution is 0.102. The molecule has 1 N–H and O–H groups in total. The van der Waals surface area contributed by atoms with Gasteiger partial charge in [-0.25, -0.2) is 17.5 Å². The van der Waals surface area contributed by atoms with E-state index in [4.69, 9.17) is 0 Å². The summed E-state index contributed by atoms with van der Waals surface area (Å²) in [5.74, 6) is -0.722. The summed E-state index contributed by atoms with van der Waals surface area (Å²) in [6.45, 7) is 2.15. The number of aromatic nitrogens is 2. The lowest BCUT2D eigenvalue weighted by Crippen LogP contribution is -2.26. The maximum absolute atomic E-state index is 13.3. The average molecular weight is 493 g/mol. The molecule has 0 radical (unpaired) electrons. The van der Waals surface area contributed by atoms with Gasteiger partial charge in [-0.2, -0.15) is 9.40 Å². The number of benzene rings is 3. The molecule has 0 atom stereocenters. The molecule has 1 aromatic heterocycles. The lowest BCUT2D eigenvalue weighted by atomic mass is 10.2. The molecule has 0 fully saturated rings. The summed E-state index contributed by atoms with van der Waals surface area (Å²) in [6.07, 6.45) is 2.00. The van der Waals surface area contributed by atoms with Crippen LogP contribution in [0, 0.1) is 5.82 Å². The number of nitrogens with zero attached hydrogens (tertiary/aromatic N) is 3. The number of rotatable bonds is 8. The first-order valence-electron chi connectivity index (χ1n) is 11.0. The summed E-state index contributed by atoms with van der Waals surface area (Å²) in [6, 6.07) is 21.2. The van der Waals surface area contributed by atoms with Crippen molar-refractivity contribution in [1.29, 1.82) is 0 Å². The van der Waals surface area contributed by atoms with Crippen molar-refractivity contribution in [3.63, 3.8) is 0 Å².